The number of hydrogen-bond acceptors (Lipinski definition) is 6. The van der Waals surface area contributed by atoms with Crippen LogP contribution in [0, 0.1) is 6.92 Å². The predicted molar refractivity (Wildman–Crippen MR) is 75.1 cm³/mol. The molecule has 1 saturated heterocycles. The lowest BCUT2D eigenvalue weighted by atomic mass is 10.2. The Kier molecular flexibility index (Phi) is 4.76. The maximum Gasteiger partial charge on any atom is 0.357 e. The second-order valence-electron chi connectivity index (χ2n) is 4.59. The molecule has 19 heavy (non-hydrogen) atoms. The molecule has 0 aliphatic carbocycles. The number of aromatic nitrogens is 1. The van der Waals surface area contributed by atoms with Crippen LogP contribution < -0.4 is 4.90 Å². The first-order valence-electron chi connectivity index (χ1n) is 6.58. The fourth-order valence-corrected chi connectivity index (χ4v) is 3.05. The molecule has 0 amide bonds. The lowest BCUT2D eigenvalue weighted by molar-refractivity contribution is 0.0594. The summed E-state index contributed by atoms with van der Waals surface area (Å²) in [6.45, 7) is 6.58. The molecule has 106 valence electrons. The number of aryl methyl sites for hydroxylation is 1. The Hall–Kier alpha value is -1.14. The third kappa shape index (κ3) is 3.25. The Morgan fingerprint density at radius 1 is 1.63 bits per heavy atom. The number of anilines is 1. The molecule has 1 aromatic heterocycles. The first kappa shape index (κ1) is 14.3. The molecule has 1 atom stereocenters. The van der Waals surface area contributed by atoms with Crippen molar-refractivity contribution in [2.45, 2.75) is 32.8 Å². The van der Waals surface area contributed by atoms with Gasteiger partial charge >= 0.3 is 5.97 Å². The predicted octanol–water partition coefficient (Wildman–Crippen LogP) is 2.24. The number of hydrogen-bond donors (Lipinski definition) is 0. The summed E-state index contributed by atoms with van der Waals surface area (Å²) in [6.07, 6.45) is 2.22. The van der Waals surface area contributed by atoms with E-state index in [0.29, 0.717) is 5.69 Å². The van der Waals surface area contributed by atoms with Crippen molar-refractivity contribution in [1.82, 2.24) is 4.98 Å². The van der Waals surface area contributed by atoms with Gasteiger partial charge in [-0.1, -0.05) is 6.92 Å². The summed E-state index contributed by atoms with van der Waals surface area (Å²) in [5.41, 5.74) is 0.431. The highest BCUT2D eigenvalue weighted by Crippen LogP contribution is 2.27. The Morgan fingerprint density at radius 2 is 2.42 bits per heavy atom. The Labute approximate surface area is 117 Å². The van der Waals surface area contributed by atoms with Gasteiger partial charge in [-0.05, 0) is 19.8 Å². The minimum Gasteiger partial charge on any atom is -0.464 e. The molecule has 1 unspecified atom stereocenters. The standard InChI is InChI=1S/C13H20N2O3S/c1-4-10-8-15(6-5-7-18-10)13-14-11(9(2)19-13)12(16)17-3/h10H,4-8H2,1-3H3. The zero-order valence-corrected chi connectivity index (χ0v) is 12.5. The molecule has 1 aromatic rings. The molecule has 0 radical (unpaired) electrons. The third-order valence-corrected chi connectivity index (χ3v) is 4.27. The van der Waals surface area contributed by atoms with E-state index in [1.165, 1.54) is 7.11 Å². The first-order chi connectivity index (χ1) is 9.15. The zero-order valence-electron chi connectivity index (χ0n) is 11.6. The lowest BCUT2D eigenvalue weighted by Gasteiger charge is -2.22. The van der Waals surface area contributed by atoms with E-state index in [-0.39, 0.29) is 12.1 Å². The topological polar surface area (TPSA) is 51.7 Å². The van der Waals surface area contributed by atoms with Crippen LogP contribution in [-0.2, 0) is 9.47 Å². The summed E-state index contributed by atoms with van der Waals surface area (Å²) < 4.78 is 10.5. The summed E-state index contributed by atoms with van der Waals surface area (Å²) >= 11 is 1.54. The smallest absolute Gasteiger partial charge is 0.357 e. The number of ether oxygens (including phenoxy) is 2. The molecule has 1 fully saturated rings. The first-order valence-corrected chi connectivity index (χ1v) is 7.39. The molecule has 1 aliphatic rings. The number of methoxy groups -OCH3 is 1. The van der Waals surface area contributed by atoms with Gasteiger partial charge in [0, 0.05) is 24.6 Å². The fraction of sp³-hybridized carbons (Fsp3) is 0.692. The number of carbonyl (C=O) groups excluding carboxylic acids is 1. The zero-order chi connectivity index (χ0) is 13.8. The average Bonchev–Trinajstić information content (AvgIpc) is 2.66. The van der Waals surface area contributed by atoms with Crippen molar-refractivity contribution in [3.8, 4) is 0 Å². The second kappa shape index (κ2) is 6.34. The second-order valence-corrected chi connectivity index (χ2v) is 5.78. The van der Waals surface area contributed by atoms with Gasteiger partial charge < -0.3 is 14.4 Å². The molecule has 5 nitrogen and oxygen atoms in total. The van der Waals surface area contributed by atoms with E-state index in [9.17, 15) is 4.79 Å². The van der Waals surface area contributed by atoms with Crippen molar-refractivity contribution >= 4 is 22.4 Å². The van der Waals surface area contributed by atoms with E-state index in [2.05, 4.69) is 16.8 Å². The van der Waals surface area contributed by atoms with Gasteiger partial charge in [-0.2, -0.15) is 0 Å². The molecule has 0 aromatic carbocycles. The molecular formula is C13H20N2O3S. The summed E-state index contributed by atoms with van der Waals surface area (Å²) in [6, 6.07) is 0. The third-order valence-electron chi connectivity index (χ3n) is 3.24. The normalized spacial score (nSPS) is 20.2. The highest BCUT2D eigenvalue weighted by molar-refractivity contribution is 7.15. The van der Waals surface area contributed by atoms with Gasteiger partial charge in [0.2, 0.25) is 0 Å². The molecule has 1 aliphatic heterocycles. The number of carbonyl (C=O) groups is 1. The summed E-state index contributed by atoms with van der Waals surface area (Å²) in [7, 11) is 1.38. The SMILES string of the molecule is CCC1CN(c2nc(C(=O)OC)c(C)s2)CCCO1. The Bertz CT molecular complexity index is 447. The monoisotopic (exact) mass is 284 g/mol. The number of thiazole rings is 1. The summed E-state index contributed by atoms with van der Waals surface area (Å²) in [5, 5.41) is 0.891. The van der Waals surface area contributed by atoms with Gasteiger partial charge in [0.1, 0.15) is 0 Å². The average molecular weight is 284 g/mol. The van der Waals surface area contributed by atoms with Gasteiger partial charge in [0.25, 0.3) is 0 Å². The minimum atomic E-state index is -0.363. The Morgan fingerprint density at radius 3 is 3.11 bits per heavy atom. The van der Waals surface area contributed by atoms with E-state index in [0.717, 1.165) is 42.5 Å². The van der Waals surface area contributed by atoms with Crippen LogP contribution >= 0.6 is 11.3 Å². The number of nitrogens with zero attached hydrogens (tertiary/aromatic N) is 2. The summed E-state index contributed by atoms with van der Waals surface area (Å²) in [5.74, 6) is -0.363. The van der Waals surface area contributed by atoms with Crippen LogP contribution in [0.5, 0.6) is 0 Å². The molecule has 6 heteroatoms. The lowest BCUT2D eigenvalue weighted by Crippen LogP contribution is -2.31. The van der Waals surface area contributed by atoms with Gasteiger partial charge in [-0.15, -0.1) is 11.3 Å². The number of rotatable bonds is 3. The molecule has 2 rings (SSSR count). The van der Waals surface area contributed by atoms with Crippen molar-refractivity contribution in [3.63, 3.8) is 0 Å². The Balaban J connectivity index is 2.18. The maximum atomic E-state index is 11.6. The maximum absolute atomic E-state index is 11.6. The van der Waals surface area contributed by atoms with Crippen LogP contribution in [-0.4, -0.2) is 43.9 Å². The van der Waals surface area contributed by atoms with Crippen molar-refractivity contribution in [2.75, 3.05) is 31.7 Å². The molecule has 0 bridgehead atoms. The van der Waals surface area contributed by atoms with E-state index >= 15 is 0 Å². The van der Waals surface area contributed by atoms with Crippen molar-refractivity contribution < 1.29 is 14.3 Å². The van der Waals surface area contributed by atoms with Gasteiger partial charge in [-0.25, -0.2) is 9.78 Å². The van der Waals surface area contributed by atoms with Gasteiger partial charge in [0.15, 0.2) is 10.8 Å². The minimum absolute atomic E-state index is 0.244. The largest absolute Gasteiger partial charge is 0.464 e. The fourth-order valence-electron chi connectivity index (χ4n) is 2.12. The highest BCUT2D eigenvalue weighted by atomic mass is 32.1. The van der Waals surface area contributed by atoms with Crippen molar-refractivity contribution in [3.05, 3.63) is 10.6 Å². The van der Waals surface area contributed by atoms with E-state index in [1.54, 1.807) is 11.3 Å². The molecule has 0 N–H and O–H groups in total. The van der Waals surface area contributed by atoms with E-state index in [1.807, 2.05) is 6.92 Å². The van der Waals surface area contributed by atoms with Crippen LogP contribution in [0.25, 0.3) is 0 Å². The number of esters is 1. The van der Waals surface area contributed by atoms with E-state index in [4.69, 9.17) is 9.47 Å². The van der Waals surface area contributed by atoms with Gasteiger partial charge in [0.05, 0.1) is 13.2 Å². The molecular weight excluding hydrogens is 264 g/mol. The van der Waals surface area contributed by atoms with E-state index < -0.39 is 0 Å². The van der Waals surface area contributed by atoms with Gasteiger partial charge in [-0.3, -0.25) is 0 Å². The molecule has 0 spiro atoms. The molecule has 2 heterocycles. The summed E-state index contributed by atoms with van der Waals surface area (Å²) in [4.78, 5) is 19.1. The van der Waals surface area contributed by atoms with Crippen LogP contribution in [0.3, 0.4) is 0 Å². The highest BCUT2D eigenvalue weighted by Gasteiger charge is 2.23. The molecule has 0 saturated carbocycles. The van der Waals surface area contributed by atoms with Crippen molar-refractivity contribution in [1.29, 1.82) is 0 Å². The quantitative estimate of drug-likeness (QED) is 0.797. The van der Waals surface area contributed by atoms with Crippen LogP contribution in [0.4, 0.5) is 5.13 Å². The van der Waals surface area contributed by atoms with Crippen LogP contribution in [0.15, 0.2) is 0 Å². The van der Waals surface area contributed by atoms with Crippen LogP contribution in [0.2, 0.25) is 0 Å². The van der Waals surface area contributed by atoms with Crippen LogP contribution in [0.1, 0.15) is 35.1 Å². The van der Waals surface area contributed by atoms with Crippen molar-refractivity contribution in [2.24, 2.45) is 0 Å².